The highest BCUT2D eigenvalue weighted by Gasteiger charge is 2.49. The third-order valence-electron chi connectivity index (χ3n) is 3.90. The number of aliphatic hydroxyl groups excluding tert-OH is 1. The summed E-state index contributed by atoms with van der Waals surface area (Å²) >= 11 is 0. The molecule has 0 fully saturated rings. The average Bonchev–Trinajstić information content (AvgIpc) is 2.71. The Morgan fingerprint density at radius 3 is 2.52 bits per heavy atom. The van der Waals surface area contributed by atoms with Crippen molar-refractivity contribution >= 4 is 11.6 Å². The van der Waals surface area contributed by atoms with E-state index in [2.05, 4.69) is 0 Å². The summed E-state index contributed by atoms with van der Waals surface area (Å²) in [4.78, 5) is 14.1. The van der Waals surface area contributed by atoms with E-state index in [1.54, 1.807) is 6.07 Å². The molecular formula is C17H17NO3. The predicted octanol–water partition coefficient (Wildman–Crippen LogP) is 1.72. The normalized spacial score (nSPS) is 20.7. The van der Waals surface area contributed by atoms with Crippen molar-refractivity contribution in [1.29, 1.82) is 0 Å². The number of carbonyl (C=O) groups excluding carboxylic acids is 1. The highest BCUT2D eigenvalue weighted by molar-refractivity contribution is 6.07. The lowest BCUT2D eigenvalue weighted by Crippen LogP contribution is -2.42. The molecule has 2 aromatic carbocycles. The zero-order valence-corrected chi connectivity index (χ0v) is 11.8. The quantitative estimate of drug-likeness (QED) is 0.901. The van der Waals surface area contributed by atoms with Crippen LogP contribution in [0.5, 0.6) is 0 Å². The molecule has 0 bridgehead atoms. The molecule has 3 rings (SSSR count). The van der Waals surface area contributed by atoms with Crippen LogP contribution in [0, 0.1) is 6.92 Å². The standard InChI is InChI=1S/C17H17NO3/c1-12-7-8-15-14(9-12)17(21,11-19)16(20)18(15)10-13-5-3-2-4-6-13/h2-9,19,21H,10-11H2,1H3. The van der Waals surface area contributed by atoms with E-state index >= 15 is 0 Å². The number of anilines is 1. The van der Waals surface area contributed by atoms with Crippen LogP contribution in [-0.2, 0) is 16.9 Å². The van der Waals surface area contributed by atoms with Crippen LogP contribution < -0.4 is 4.90 Å². The zero-order chi connectivity index (χ0) is 15.0. The third-order valence-corrected chi connectivity index (χ3v) is 3.90. The van der Waals surface area contributed by atoms with Gasteiger partial charge in [-0.25, -0.2) is 0 Å². The highest BCUT2D eigenvalue weighted by atomic mass is 16.3. The summed E-state index contributed by atoms with van der Waals surface area (Å²) in [7, 11) is 0. The molecule has 1 heterocycles. The van der Waals surface area contributed by atoms with Crippen molar-refractivity contribution < 1.29 is 15.0 Å². The summed E-state index contributed by atoms with van der Waals surface area (Å²) in [6.45, 7) is 1.65. The fourth-order valence-electron chi connectivity index (χ4n) is 2.74. The average molecular weight is 283 g/mol. The largest absolute Gasteiger partial charge is 0.392 e. The second kappa shape index (κ2) is 4.98. The first kappa shape index (κ1) is 13.8. The van der Waals surface area contributed by atoms with E-state index in [4.69, 9.17) is 0 Å². The van der Waals surface area contributed by atoms with Gasteiger partial charge in [0.25, 0.3) is 5.91 Å². The van der Waals surface area contributed by atoms with Crippen molar-refractivity contribution in [3.8, 4) is 0 Å². The van der Waals surface area contributed by atoms with E-state index < -0.39 is 18.1 Å². The smallest absolute Gasteiger partial charge is 0.266 e. The molecule has 0 aromatic heterocycles. The summed E-state index contributed by atoms with van der Waals surface area (Å²) in [6, 6.07) is 15.1. The number of aliphatic hydroxyl groups is 2. The van der Waals surface area contributed by atoms with Crippen molar-refractivity contribution in [1.82, 2.24) is 0 Å². The van der Waals surface area contributed by atoms with Crippen molar-refractivity contribution in [2.24, 2.45) is 0 Å². The van der Waals surface area contributed by atoms with Crippen molar-refractivity contribution in [3.63, 3.8) is 0 Å². The van der Waals surface area contributed by atoms with Gasteiger partial charge in [0.05, 0.1) is 18.8 Å². The van der Waals surface area contributed by atoms with E-state index in [0.29, 0.717) is 17.8 Å². The van der Waals surface area contributed by atoms with E-state index in [-0.39, 0.29) is 0 Å². The van der Waals surface area contributed by atoms with Crippen LogP contribution in [0.15, 0.2) is 48.5 Å². The lowest BCUT2D eigenvalue weighted by molar-refractivity contribution is -0.140. The maximum atomic E-state index is 12.5. The maximum Gasteiger partial charge on any atom is 0.266 e. The Morgan fingerprint density at radius 1 is 1.14 bits per heavy atom. The number of amides is 1. The molecule has 4 nitrogen and oxygen atoms in total. The van der Waals surface area contributed by atoms with Gasteiger partial charge >= 0.3 is 0 Å². The molecule has 1 aliphatic heterocycles. The Kier molecular flexibility index (Phi) is 3.27. The molecule has 21 heavy (non-hydrogen) atoms. The van der Waals surface area contributed by atoms with Gasteiger partial charge in [0, 0.05) is 5.56 Å². The molecule has 0 saturated carbocycles. The zero-order valence-electron chi connectivity index (χ0n) is 11.8. The van der Waals surface area contributed by atoms with Gasteiger partial charge in [-0.15, -0.1) is 0 Å². The first-order valence-corrected chi connectivity index (χ1v) is 6.86. The lowest BCUT2D eigenvalue weighted by atomic mass is 9.95. The molecule has 1 amide bonds. The van der Waals surface area contributed by atoms with Crippen LogP contribution >= 0.6 is 0 Å². The fraction of sp³-hybridized carbons (Fsp3) is 0.235. The Hall–Kier alpha value is -2.17. The number of rotatable bonds is 3. The third kappa shape index (κ3) is 2.13. The topological polar surface area (TPSA) is 60.8 Å². The number of nitrogens with zero attached hydrogens (tertiary/aromatic N) is 1. The van der Waals surface area contributed by atoms with Crippen LogP contribution in [0.1, 0.15) is 16.7 Å². The van der Waals surface area contributed by atoms with Gasteiger partial charge in [0.15, 0.2) is 5.60 Å². The molecule has 0 aliphatic carbocycles. The molecule has 108 valence electrons. The number of carbonyl (C=O) groups is 1. The minimum Gasteiger partial charge on any atom is -0.392 e. The van der Waals surface area contributed by atoms with Crippen LogP contribution in [0.3, 0.4) is 0 Å². The van der Waals surface area contributed by atoms with Crippen molar-refractivity contribution in [3.05, 3.63) is 65.2 Å². The van der Waals surface area contributed by atoms with Gasteiger partial charge in [-0.2, -0.15) is 0 Å². The molecule has 0 spiro atoms. The molecule has 1 aliphatic rings. The SMILES string of the molecule is Cc1ccc2c(c1)C(O)(CO)C(=O)N2Cc1ccccc1. The van der Waals surface area contributed by atoms with E-state index in [9.17, 15) is 15.0 Å². The number of aryl methyl sites for hydroxylation is 1. The Labute approximate surface area is 123 Å². The van der Waals surface area contributed by atoms with Gasteiger partial charge in [0.2, 0.25) is 0 Å². The van der Waals surface area contributed by atoms with Gasteiger partial charge in [-0.05, 0) is 18.6 Å². The fourth-order valence-corrected chi connectivity index (χ4v) is 2.74. The molecule has 2 aromatic rings. The molecule has 0 radical (unpaired) electrons. The molecule has 0 saturated heterocycles. The monoisotopic (exact) mass is 283 g/mol. The van der Waals surface area contributed by atoms with Crippen LogP contribution in [0.25, 0.3) is 0 Å². The van der Waals surface area contributed by atoms with Gasteiger partial charge in [-0.1, -0.05) is 48.0 Å². The number of hydrogen-bond donors (Lipinski definition) is 2. The molecule has 2 N–H and O–H groups in total. The molecule has 1 atom stereocenters. The van der Waals surface area contributed by atoms with Gasteiger partial charge in [0.1, 0.15) is 0 Å². The summed E-state index contributed by atoms with van der Waals surface area (Å²) in [5.41, 5.74) is 1.21. The Bertz CT molecular complexity index is 684. The second-order valence-electron chi connectivity index (χ2n) is 5.42. The first-order valence-electron chi connectivity index (χ1n) is 6.86. The molecule has 1 unspecified atom stereocenters. The van der Waals surface area contributed by atoms with Crippen molar-refractivity contribution in [2.45, 2.75) is 19.1 Å². The summed E-state index contributed by atoms with van der Waals surface area (Å²) < 4.78 is 0. The second-order valence-corrected chi connectivity index (χ2v) is 5.42. The number of benzene rings is 2. The van der Waals surface area contributed by atoms with Gasteiger partial charge < -0.3 is 15.1 Å². The number of hydrogen-bond acceptors (Lipinski definition) is 3. The first-order chi connectivity index (χ1) is 10.1. The minimum atomic E-state index is -1.84. The maximum absolute atomic E-state index is 12.5. The van der Waals surface area contributed by atoms with E-state index in [1.165, 1.54) is 4.90 Å². The molecular weight excluding hydrogens is 266 g/mol. The summed E-state index contributed by atoms with van der Waals surface area (Å²) in [5, 5.41) is 20.1. The predicted molar refractivity (Wildman–Crippen MR) is 79.8 cm³/mol. The van der Waals surface area contributed by atoms with Crippen LogP contribution in [0.4, 0.5) is 5.69 Å². The number of fused-ring (bicyclic) bond motifs is 1. The molecule has 4 heteroatoms. The summed E-state index contributed by atoms with van der Waals surface area (Å²) in [5.74, 6) is -0.477. The Balaban J connectivity index is 2.05. The van der Waals surface area contributed by atoms with Crippen LogP contribution in [-0.4, -0.2) is 22.7 Å². The van der Waals surface area contributed by atoms with Crippen molar-refractivity contribution in [2.75, 3.05) is 11.5 Å². The minimum absolute atomic E-state index is 0.373. The van der Waals surface area contributed by atoms with Crippen LogP contribution in [0.2, 0.25) is 0 Å². The van der Waals surface area contributed by atoms with Gasteiger partial charge in [-0.3, -0.25) is 4.79 Å². The lowest BCUT2D eigenvalue weighted by Gasteiger charge is -2.21. The summed E-state index contributed by atoms with van der Waals surface area (Å²) in [6.07, 6.45) is 0. The van der Waals surface area contributed by atoms with E-state index in [0.717, 1.165) is 11.1 Å². The highest BCUT2D eigenvalue weighted by Crippen LogP contribution is 2.41. The Morgan fingerprint density at radius 2 is 1.86 bits per heavy atom. The van der Waals surface area contributed by atoms with E-state index in [1.807, 2.05) is 49.4 Å².